The highest BCUT2D eigenvalue weighted by molar-refractivity contribution is 5.26. The van der Waals surface area contributed by atoms with Crippen molar-refractivity contribution in [1.82, 2.24) is 10.3 Å². The quantitative estimate of drug-likeness (QED) is 0.839. The molecule has 0 unspecified atom stereocenters. The summed E-state index contributed by atoms with van der Waals surface area (Å²) in [7, 11) is 0. The summed E-state index contributed by atoms with van der Waals surface area (Å²) >= 11 is 0. The Bertz CT molecular complexity index is 523. The molecule has 0 aliphatic carbocycles. The van der Waals surface area contributed by atoms with Gasteiger partial charge in [0.25, 0.3) is 0 Å². The van der Waals surface area contributed by atoms with E-state index in [0.29, 0.717) is 6.61 Å². The predicted molar refractivity (Wildman–Crippen MR) is 81.3 cm³/mol. The normalized spacial score (nSPS) is 10.7. The first-order valence-corrected chi connectivity index (χ1v) is 7.06. The first kappa shape index (κ1) is 14.7. The van der Waals surface area contributed by atoms with Gasteiger partial charge in [-0.1, -0.05) is 30.3 Å². The van der Waals surface area contributed by atoms with Gasteiger partial charge in [-0.05, 0) is 36.6 Å². The number of nitrogens with one attached hydrogen (secondary N) is 1. The van der Waals surface area contributed by atoms with E-state index in [1.54, 1.807) is 0 Å². The van der Waals surface area contributed by atoms with Crippen molar-refractivity contribution in [2.24, 2.45) is 0 Å². The Morgan fingerprint density at radius 1 is 1.05 bits per heavy atom. The molecule has 1 aromatic carbocycles. The van der Waals surface area contributed by atoms with Gasteiger partial charge >= 0.3 is 0 Å². The van der Waals surface area contributed by atoms with Crippen LogP contribution < -0.4 is 5.32 Å². The zero-order valence-corrected chi connectivity index (χ0v) is 12.2. The molecule has 2 rings (SSSR count). The third kappa shape index (κ3) is 4.44. The maximum atomic E-state index is 5.50. The van der Waals surface area contributed by atoms with Gasteiger partial charge in [0.15, 0.2) is 0 Å². The van der Waals surface area contributed by atoms with Gasteiger partial charge in [-0.3, -0.25) is 4.98 Å². The molecule has 0 fully saturated rings. The Morgan fingerprint density at radius 2 is 1.85 bits per heavy atom. The third-order valence-corrected chi connectivity index (χ3v) is 3.20. The van der Waals surface area contributed by atoms with Crippen LogP contribution in [0, 0.1) is 6.92 Å². The van der Waals surface area contributed by atoms with E-state index in [2.05, 4.69) is 40.6 Å². The summed E-state index contributed by atoms with van der Waals surface area (Å²) in [6.07, 6.45) is 1.93. The van der Waals surface area contributed by atoms with Crippen LogP contribution in [0.25, 0.3) is 0 Å². The van der Waals surface area contributed by atoms with Crippen molar-refractivity contribution in [3.8, 4) is 0 Å². The van der Waals surface area contributed by atoms with Crippen LogP contribution in [0.5, 0.6) is 0 Å². The maximum Gasteiger partial charge on any atom is 0.0719 e. The largest absolute Gasteiger partial charge is 0.377 e. The van der Waals surface area contributed by atoms with Gasteiger partial charge < -0.3 is 10.1 Å². The van der Waals surface area contributed by atoms with Gasteiger partial charge in [-0.25, -0.2) is 0 Å². The lowest BCUT2D eigenvalue weighted by Crippen LogP contribution is -2.14. The van der Waals surface area contributed by atoms with Gasteiger partial charge in [-0.2, -0.15) is 0 Å². The number of aryl methyl sites for hydroxylation is 1. The molecule has 20 heavy (non-hydrogen) atoms. The molecule has 2 aromatic rings. The van der Waals surface area contributed by atoms with Gasteiger partial charge in [0.05, 0.1) is 6.61 Å². The number of aromatic nitrogens is 1. The van der Waals surface area contributed by atoms with Crippen LogP contribution >= 0.6 is 0 Å². The van der Waals surface area contributed by atoms with E-state index >= 15 is 0 Å². The van der Waals surface area contributed by atoms with Gasteiger partial charge in [0.2, 0.25) is 0 Å². The second kappa shape index (κ2) is 7.78. The van der Waals surface area contributed by atoms with Gasteiger partial charge in [-0.15, -0.1) is 0 Å². The Kier molecular flexibility index (Phi) is 5.71. The number of hydrogen-bond donors (Lipinski definition) is 1. The summed E-state index contributed by atoms with van der Waals surface area (Å²) in [5.41, 5.74) is 4.80. The highest BCUT2D eigenvalue weighted by atomic mass is 16.5. The van der Waals surface area contributed by atoms with Crippen LogP contribution in [0.1, 0.15) is 29.3 Å². The van der Waals surface area contributed by atoms with Crippen molar-refractivity contribution >= 4 is 0 Å². The van der Waals surface area contributed by atoms with E-state index in [0.717, 1.165) is 25.4 Å². The number of nitrogens with zero attached hydrogens (tertiary/aromatic N) is 1. The number of ether oxygens (including phenoxy) is 1. The van der Waals surface area contributed by atoms with Crippen molar-refractivity contribution in [3.63, 3.8) is 0 Å². The minimum absolute atomic E-state index is 0.681. The summed E-state index contributed by atoms with van der Waals surface area (Å²) in [6.45, 7) is 7.12. The van der Waals surface area contributed by atoms with Crippen LogP contribution in [-0.2, 0) is 24.4 Å². The second-order valence-electron chi connectivity index (χ2n) is 4.82. The van der Waals surface area contributed by atoms with Crippen LogP contribution in [0.3, 0.4) is 0 Å². The van der Waals surface area contributed by atoms with Crippen LogP contribution in [0.15, 0.2) is 42.6 Å². The zero-order valence-electron chi connectivity index (χ0n) is 12.2. The van der Waals surface area contributed by atoms with E-state index in [1.807, 2.05) is 26.1 Å². The fraction of sp³-hybridized carbons (Fsp3) is 0.353. The van der Waals surface area contributed by atoms with Crippen molar-refractivity contribution < 1.29 is 4.74 Å². The average Bonchev–Trinajstić information content (AvgIpc) is 2.48. The number of rotatable bonds is 7. The molecule has 0 bridgehead atoms. The Hall–Kier alpha value is -1.71. The number of hydrogen-bond acceptors (Lipinski definition) is 3. The summed E-state index contributed by atoms with van der Waals surface area (Å²) in [5, 5.41) is 3.46. The smallest absolute Gasteiger partial charge is 0.0719 e. The Morgan fingerprint density at radius 3 is 2.55 bits per heavy atom. The van der Waals surface area contributed by atoms with Crippen molar-refractivity contribution in [2.75, 3.05) is 6.61 Å². The van der Waals surface area contributed by atoms with E-state index < -0.39 is 0 Å². The lowest BCUT2D eigenvalue weighted by molar-refractivity contribution is 0.133. The summed E-state index contributed by atoms with van der Waals surface area (Å²) in [6, 6.07) is 12.6. The summed E-state index contributed by atoms with van der Waals surface area (Å²) in [5.74, 6) is 0. The van der Waals surface area contributed by atoms with E-state index in [1.165, 1.54) is 16.7 Å². The molecular formula is C17H22N2O. The Balaban J connectivity index is 1.88. The molecule has 0 saturated carbocycles. The van der Waals surface area contributed by atoms with Crippen LogP contribution in [-0.4, -0.2) is 11.6 Å². The van der Waals surface area contributed by atoms with Crippen LogP contribution in [0.4, 0.5) is 0 Å². The standard InChI is InChI=1S/C17H22N2O/c1-3-20-13-17-7-5-4-6-16(17)12-18-10-15-9-8-14(2)19-11-15/h4-9,11,18H,3,10,12-13H2,1-2H3. The van der Waals surface area contributed by atoms with Crippen molar-refractivity contribution in [2.45, 2.75) is 33.5 Å². The molecule has 0 spiro atoms. The third-order valence-electron chi connectivity index (χ3n) is 3.20. The summed E-state index contributed by atoms with van der Waals surface area (Å²) in [4.78, 5) is 4.30. The van der Waals surface area contributed by atoms with Crippen molar-refractivity contribution in [3.05, 3.63) is 65.0 Å². The predicted octanol–water partition coefficient (Wildman–Crippen LogP) is 3.22. The van der Waals surface area contributed by atoms with Gasteiger partial charge in [0.1, 0.15) is 0 Å². The lowest BCUT2D eigenvalue weighted by atomic mass is 10.1. The average molecular weight is 270 g/mol. The number of benzene rings is 1. The molecule has 1 aromatic heterocycles. The first-order valence-electron chi connectivity index (χ1n) is 7.06. The molecular weight excluding hydrogens is 248 g/mol. The fourth-order valence-corrected chi connectivity index (χ4v) is 2.03. The lowest BCUT2D eigenvalue weighted by Gasteiger charge is -2.10. The molecule has 0 aliphatic rings. The molecule has 0 radical (unpaired) electrons. The molecule has 106 valence electrons. The highest BCUT2D eigenvalue weighted by Crippen LogP contribution is 2.10. The van der Waals surface area contributed by atoms with E-state index in [9.17, 15) is 0 Å². The molecule has 0 saturated heterocycles. The minimum Gasteiger partial charge on any atom is -0.377 e. The molecule has 0 amide bonds. The topological polar surface area (TPSA) is 34.1 Å². The zero-order chi connectivity index (χ0) is 14.2. The van der Waals surface area contributed by atoms with Crippen molar-refractivity contribution in [1.29, 1.82) is 0 Å². The van der Waals surface area contributed by atoms with E-state index in [4.69, 9.17) is 4.74 Å². The second-order valence-corrected chi connectivity index (χ2v) is 4.82. The molecule has 0 aliphatic heterocycles. The van der Waals surface area contributed by atoms with Crippen LogP contribution in [0.2, 0.25) is 0 Å². The molecule has 1 heterocycles. The molecule has 1 N–H and O–H groups in total. The minimum atomic E-state index is 0.681. The maximum absolute atomic E-state index is 5.50. The van der Waals surface area contributed by atoms with Gasteiger partial charge in [0, 0.05) is 31.6 Å². The first-order chi connectivity index (χ1) is 9.79. The highest BCUT2D eigenvalue weighted by Gasteiger charge is 2.01. The fourth-order valence-electron chi connectivity index (χ4n) is 2.03. The molecule has 0 atom stereocenters. The Labute approximate surface area is 121 Å². The summed E-state index contributed by atoms with van der Waals surface area (Å²) < 4.78 is 5.50. The SMILES string of the molecule is CCOCc1ccccc1CNCc1ccc(C)nc1. The molecule has 3 nitrogen and oxygen atoms in total. The monoisotopic (exact) mass is 270 g/mol. The molecule has 3 heteroatoms. The number of pyridine rings is 1. The van der Waals surface area contributed by atoms with E-state index in [-0.39, 0.29) is 0 Å².